The number of nitrogens with one attached hydrogen (secondary N) is 1. The van der Waals surface area contributed by atoms with Gasteiger partial charge in [-0.3, -0.25) is 0 Å². The molecule has 0 radical (unpaired) electrons. The molecular weight excluding hydrogens is 310 g/mol. The van der Waals surface area contributed by atoms with Crippen LogP contribution in [0, 0.1) is 6.92 Å². The van der Waals surface area contributed by atoms with Crippen LogP contribution in [0.1, 0.15) is 22.3 Å². The molecule has 0 fully saturated rings. The molecule has 1 aliphatic carbocycles. The van der Waals surface area contributed by atoms with Crippen molar-refractivity contribution in [2.24, 2.45) is 0 Å². The van der Waals surface area contributed by atoms with E-state index >= 15 is 0 Å². The van der Waals surface area contributed by atoms with Gasteiger partial charge in [0.25, 0.3) is 0 Å². The first-order valence-corrected chi connectivity index (χ1v) is 9.33. The maximum absolute atomic E-state index is 12.3. The van der Waals surface area contributed by atoms with Crippen LogP contribution >= 0.6 is 0 Å². The lowest BCUT2D eigenvalue weighted by atomic mass is 10.0. The fraction of sp³-hybridized carbons (Fsp3) is 0.333. The van der Waals surface area contributed by atoms with Crippen LogP contribution in [-0.4, -0.2) is 25.7 Å². The van der Waals surface area contributed by atoms with Crippen molar-refractivity contribution < 1.29 is 13.5 Å². The van der Waals surface area contributed by atoms with Crippen molar-refractivity contribution in [2.45, 2.75) is 31.1 Å². The van der Waals surface area contributed by atoms with E-state index in [1.54, 1.807) is 6.07 Å². The van der Waals surface area contributed by atoms with Crippen molar-refractivity contribution in [3.8, 4) is 0 Å². The van der Waals surface area contributed by atoms with Crippen LogP contribution in [0.4, 0.5) is 0 Å². The molecule has 0 aromatic heterocycles. The number of hydrogen-bond donors (Lipinski definition) is 2. The average molecular weight is 331 g/mol. The Bertz CT molecular complexity index is 790. The van der Waals surface area contributed by atoms with Crippen molar-refractivity contribution in [3.63, 3.8) is 0 Å². The summed E-state index contributed by atoms with van der Waals surface area (Å²) in [4.78, 5) is 0. The van der Waals surface area contributed by atoms with E-state index in [1.165, 1.54) is 0 Å². The van der Waals surface area contributed by atoms with Crippen molar-refractivity contribution in [1.82, 2.24) is 4.72 Å². The fourth-order valence-corrected chi connectivity index (χ4v) is 4.32. The van der Waals surface area contributed by atoms with E-state index in [0.717, 1.165) is 22.3 Å². The Hall–Kier alpha value is -1.69. The molecule has 0 heterocycles. The first kappa shape index (κ1) is 16.2. The quantitative estimate of drug-likeness (QED) is 0.880. The molecule has 0 unspecified atom stereocenters. The van der Waals surface area contributed by atoms with Crippen LogP contribution in [0.15, 0.2) is 48.5 Å². The predicted octanol–water partition coefficient (Wildman–Crippen LogP) is 1.94. The van der Waals surface area contributed by atoms with Crippen molar-refractivity contribution in [3.05, 3.63) is 70.8 Å². The van der Waals surface area contributed by atoms with E-state index in [0.29, 0.717) is 12.8 Å². The standard InChI is InChI=1S/C18H21NO3S/c1-14-5-4-6-15(9-14)12-23(21,22)19-13-18(20)10-16-7-2-3-8-17(16)11-18/h2-9,19-20H,10-13H2,1H3. The Morgan fingerprint density at radius 3 is 2.35 bits per heavy atom. The van der Waals surface area contributed by atoms with Crippen molar-refractivity contribution >= 4 is 10.0 Å². The van der Waals surface area contributed by atoms with Gasteiger partial charge in [0.05, 0.1) is 11.4 Å². The highest BCUT2D eigenvalue weighted by Gasteiger charge is 2.35. The Kier molecular flexibility index (Phi) is 4.27. The first-order chi connectivity index (χ1) is 10.9. The molecule has 5 heteroatoms. The summed E-state index contributed by atoms with van der Waals surface area (Å²) in [7, 11) is -3.47. The van der Waals surface area contributed by atoms with E-state index in [1.807, 2.05) is 49.4 Å². The van der Waals surface area contributed by atoms with Crippen LogP contribution in [0.5, 0.6) is 0 Å². The maximum atomic E-state index is 12.3. The molecule has 0 atom stereocenters. The van der Waals surface area contributed by atoms with Gasteiger partial charge in [0.2, 0.25) is 10.0 Å². The number of aryl methyl sites for hydroxylation is 1. The van der Waals surface area contributed by atoms with Crippen molar-refractivity contribution in [2.75, 3.05) is 6.54 Å². The lowest BCUT2D eigenvalue weighted by molar-refractivity contribution is 0.0567. The van der Waals surface area contributed by atoms with E-state index in [9.17, 15) is 13.5 Å². The Labute approximate surface area is 137 Å². The summed E-state index contributed by atoms with van der Waals surface area (Å²) in [5.74, 6) is -0.0717. The van der Waals surface area contributed by atoms with Gasteiger partial charge in [-0.2, -0.15) is 0 Å². The lowest BCUT2D eigenvalue weighted by Crippen LogP contribution is -2.43. The summed E-state index contributed by atoms with van der Waals surface area (Å²) in [6.07, 6.45) is 0.965. The molecule has 0 saturated heterocycles. The van der Waals surface area contributed by atoms with Gasteiger partial charge in [0, 0.05) is 19.4 Å². The number of rotatable bonds is 5. The molecular formula is C18H21NO3S. The van der Waals surface area contributed by atoms with E-state index in [-0.39, 0.29) is 12.3 Å². The third-order valence-electron chi connectivity index (χ3n) is 4.22. The molecule has 23 heavy (non-hydrogen) atoms. The molecule has 2 aromatic rings. The van der Waals surface area contributed by atoms with Crippen LogP contribution in [-0.2, 0) is 28.6 Å². The molecule has 0 bridgehead atoms. The smallest absolute Gasteiger partial charge is 0.215 e. The zero-order chi connectivity index (χ0) is 16.5. The molecule has 0 saturated carbocycles. The van der Waals surface area contributed by atoms with Gasteiger partial charge in [0.1, 0.15) is 0 Å². The molecule has 3 rings (SSSR count). The molecule has 122 valence electrons. The summed E-state index contributed by atoms with van der Waals surface area (Å²) in [5, 5.41) is 10.7. The number of hydrogen-bond acceptors (Lipinski definition) is 3. The van der Waals surface area contributed by atoms with Crippen molar-refractivity contribution in [1.29, 1.82) is 0 Å². The van der Waals surface area contributed by atoms with Gasteiger partial charge < -0.3 is 5.11 Å². The minimum atomic E-state index is -3.47. The Morgan fingerprint density at radius 2 is 1.74 bits per heavy atom. The predicted molar refractivity (Wildman–Crippen MR) is 90.6 cm³/mol. The highest BCUT2D eigenvalue weighted by molar-refractivity contribution is 7.88. The topological polar surface area (TPSA) is 66.4 Å². The molecule has 4 nitrogen and oxygen atoms in total. The minimum Gasteiger partial charge on any atom is -0.388 e. The summed E-state index contributed by atoms with van der Waals surface area (Å²) in [5.41, 5.74) is 2.92. The summed E-state index contributed by atoms with van der Waals surface area (Å²) < 4.78 is 27.1. The highest BCUT2D eigenvalue weighted by Crippen LogP contribution is 2.29. The van der Waals surface area contributed by atoms with Crippen LogP contribution in [0.25, 0.3) is 0 Å². The second kappa shape index (κ2) is 6.07. The molecule has 0 aliphatic heterocycles. The number of fused-ring (bicyclic) bond motifs is 1. The monoisotopic (exact) mass is 331 g/mol. The van der Waals surface area contributed by atoms with E-state index in [2.05, 4.69) is 4.72 Å². The summed E-state index contributed by atoms with van der Waals surface area (Å²) in [6.45, 7) is 1.97. The minimum absolute atomic E-state index is 0.0375. The van der Waals surface area contributed by atoms with E-state index in [4.69, 9.17) is 0 Å². The van der Waals surface area contributed by atoms with Gasteiger partial charge in [-0.1, -0.05) is 54.1 Å². The lowest BCUT2D eigenvalue weighted by Gasteiger charge is -2.22. The first-order valence-electron chi connectivity index (χ1n) is 7.67. The van der Waals surface area contributed by atoms with Crippen LogP contribution < -0.4 is 4.72 Å². The van der Waals surface area contributed by atoms with Gasteiger partial charge >= 0.3 is 0 Å². The van der Waals surface area contributed by atoms with E-state index < -0.39 is 15.6 Å². The molecule has 2 aromatic carbocycles. The molecule has 2 N–H and O–H groups in total. The number of aliphatic hydroxyl groups is 1. The third-order valence-corrected chi connectivity index (χ3v) is 5.52. The molecule has 0 amide bonds. The largest absolute Gasteiger partial charge is 0.388 e. The second-order valence-electron chi connectivity index (χ2n) is 6.42. The molecule has 1 aliphatic rings. The highest BCUT2D eigenvalue weighted by atomic mass is 32.2. The second-order valence-corrected chi connectivity index (χ2v) is 8.22. The van der Waals surface area contributed by atoms with Gasteiger partial charge in [-0.05, 0) is 23.6 Å². The summed E-state index contributed by atoms with van der Waals surface area (Å²) in [6, 6.07) is 15.3. The molecule has 0 spiro atoms. The average Bonchev–Trinajstić information content (AvgIpc) is 2.82. The maximum Gasteiger partial charge on any atom is 0.215 e. The Morgan fingerprint density at radius 1 is 1.09 bits per heavy atom. The SMILES string of the molecule is Cc1cccc(CS(=O)(=O)NCC2(O)Cc3ccccc3C2)c1. The van der Waals surface area contributed by atoms with Gasteiger partial charge in [-0.25, -0.2) is 13.1 Å². The van der Waals surface area contributed by atoms with Crippen LogP contribution in [0.3, 0.4) is 0 Å². The Balaban J connectivity index is 1.64. The normalized spacial score (nSPS) is 16.3. The van der Waals surface area contributed by atoms with Gasteiger partial charge in [-0.15, -0.1) is 0 Å². The third kappa shape index (κ3) is 3.99. The zero-order valence-electron chi connectivity index (χ0n) is 13.1. The number of benzene rings is 2. The fourth-order valence-electron chi connectivity index (χ4n) is 3.12. The summed E-state index contributed by atoms with van der Waals surface area (Å²) >= 11 is 0. The zero-order valence-corrected chi connectivity index (χ0v) is 13.9. The van der Waals surface area contributed by atoms with Crippen LogP contribution in [0.2, 0.25) is 0 Å². The van der Waals surface area contributed by atoms with Gasteiger partial charge in [0.15, 0.2) is 0 Å². The number of sulfonamides is 1.